The van der Waals surface area contributed by atoms with Gasteiger partial charge in [-0.25, -0.2) is 4.98 Å². The van der Waals surface area contributed by atoms with Crippen molar-refractivity contribution in [1.29, 1.82) is 0 Å². The fraction of sp³-hybridized carbons (Fsp3) is 0.667. The summed E-state index contributed by atoms with van der Waals surface area (Å²) in [5, 5.41) is 3.58. The minimum Gasteiger partial charge on any atom is -0.355 e. The minimum atomic E-state index is 0.688. The molecule has 0 unspecified atom stereocenters. The summed E-state index contributed by atoms with van der Waals surface area (Å²) in [5.41, 5.74) is 0. The normalized spacial score (nSPS) is 17.7. The highest BCUT2D eigenvalue weighted by Crippen LogP contribution is 2.16. The Morgan fingerprint density at radius 1 is 1.38 bits per heavy atom. The SMILES string of the molecule is CCCNC1CCN(c2cnccn2)CC1. The molecule has 2 heterocycles. The van der Waals surface area contributed by atoms with E-state index in [-0.39, 0.29) is 0 Å². The molecule has 1 aliphatic rings. The summed E-state index contributed by atoms with van der Waals surface area (Å²) in [6, 6.07) is 0.688. The summed E-state index contributed by atoms with van der Waals surface area (Å²) < 4.78 is 0. The highest BCUT2D eigenvalue weighted by molar-refractivity contribution is 5.35. The van der Waals surface area contributed by atoms with Crippen molar-refractivity contribution in [2.24, 2.45) is 0 Å². The third-order valence-corrected chi connectivity index (χ3v) is 3.05. The van der Waals surface area contributed by atoms with Crippen molar-refractivity contribution >= 4 is 5.82 Å². The van der Waals surface area contributed by atoms with Gasteiger partial charge < -0.3 is 10.2 Å². The monoisotopic (exact) mass is 220 g/mol. The Balaban J connectivity index is 1.81. The number of rotatable bonds is 4. The van der Waals surface area contributed by atoms with Crippen LogP contribution in [0.5, 0.6) is 0 Å². The first-order valence-corrected chi connectivity index (χ1v) is 6.14. The van der Waals surface area contributed by atoms with E-state index >= 15 is 0 Å². The molecule has 1 aromatic rings. The summed E-state index contributed by atoms with van der Waals surface area (Å²) in [6.45, 7) is 5.51. The van der Waals surface area contributed by atoms with Gasteiger partial charge in [-0.2, -0.15) is 0 Å². The molecule has 0 aromatic carbocycles. The first-order chi connectivity index (χ1) is 7.90. The molecule has 1 aliphatic heterocycles. The second-order valence-corrected chi connectivity index (χ2v) is 4.28. The summed E-state index contributed by atoms with van der Waals surface area (Å²) in [5.74, 6) is 1.01. The Labute approximate surface area is 97.1 Å². The molecule has 88 valence electrons. The lowest BCUT2D eigenvalue weighted by Gasteiger charge is -2.32. The Morgan fingerprint density at radius 3 is 2.81 bits per heavy atom. The molecule has 1 fully saturated rings. The average Bonchev–Trinajstić information content (AvgIpc) is 2.38. The van der Waals surface area contributed by atoms with Crippen LogP contribution in [0.4, 0.5) is 5.82 Å². The van der Waals surface area contributed by atoms with Gasteiger partial charge in [0.1, 0.15) is 5.82 Å². The highest BCUT2D eigenvalue weighted by Gasteiger charge is 2.19. The van der Waals surface area contributed by atoms with Crippen molar-refractivity contribution in [3.05, 3.63) is 18.6 Å². The molecule has 0 aliphatic carbocycles. The Bertz CT molecular complexity index is 293. The number of anilines is 1. The Hall–Kier alpha value is -1.16. The largest absolute Gasteiger partial charge is 0.355 e. The number of aromatic nitrogens is 2. The molecule has 1 aromatic heterocycles. The van der Waals surface area contributed by atoms with E-state index in [1.807, 2.05) is 6.20 Å². The van der Waals surface area contributed by atoms with Crippen LogP contribution in [-0.4, -0.2) is 35.6 Å². The quantitative estimate of drug-likeness (QED) is 0.833. The van der Waals surface area contributed by atoms with E-state index in [1.54, 1.807) is 12.4 Å². The van der Waals surface area contributed by atoms with E-state index in [0.717, 1.165) is 25.5 Å². The molecule has 0 radical (unpaired) electrons. The van der Waals surface area contributed by atoms with Crippen LogP contribution in [0.15, 0.2) is 18.6 Å². The van der Waals surface area contributed by atoms with Gasteiger partial charge >= 0.3 is 0 Å². The maximum absolute atomic E-state index is 4.33. The Morgan fingerprint density at radius 2 is 2.19 bits per heavy atom. The van der Waals surface area contributed by atoms with Crippen molar-refractivity contribution < 1.29 is 0 Å². The maximum Gasteiger partial charge on any atom is 0.147 e. The van der Waals surface area contributed by atoms with Crippen LogP contribution in [0.2, 0.25) is 0 Å². The van der Waals surface area contributed by atoms with Gasteiger partial charge in [-0.1, -0.05) is 6.92 Å². The Kier molecular flexibility index (Phi) is 4.10. The van der Waals surface area contributed by atoms with Crippen LogP contribution in [0.1, 0.15) is 26.2 Å². The molecular weight excluding hydrogens is 200 g/mol. The zero-order valence-electron chi connectivity index (χ0n) is 9.89. The molecule has 0 bridgehead atoms. The summed E-state index contributed by atoms with van der Waals surface area (Å²) in [6.07, 6.45) is 8.95. The van der Waals surface area contributed by atoms with E-state index in [2.05, 4.69) is 27.1 Å². The first kappa shape index (κ1) is 11.3. The van der Waals surface area contributed by atoms with Crippen LogP contribution >= 0.6 is 0 Å². The standard InChI is InChI=1S/C12H20N4/c1-2-5-14-11-3-8-16(9-4-11)12-10-13-6-7-15-12/h6-7,10-11,14H,2-5,8-9H2,1H3. The van der Waals surface area contributed by atoms with E-state index < -0.39 is 0 Å². The van der Waals surface area contributed by atoms with Crippen LogP contribution < -0.4 is 10.2 Å². The van der Waals surface area contributed by atoms with E-state index in [4.69, 9.17) is 0 Å². The molecule has 0 amide bonds. The van der Waals surface area contributed by atoms with Gasteiger partial charge in [0.25, 0.3) is 0 Å². The number of nitrogens with zero attached hydrogens (tertiary/aromatic N) is 3. The molecular formula is C12H20N4. The predicted molar refractivity (Wildman–Crippen MR) is 65.6 cm³/mol. The zero-order chi connectivity index (χ0) is 11.2. The third-order valence-electron chi connectivity index (χ3n) is 3.05. The van der Waals surface area contributed by atoms with Crippen LogP contribution in [0.25, 0.3) is 0 Å². The van der Waals surface area contributed by atoms with Crippen LogP contribution in [-0.2, 0) is 0 Å². The molecule has 4 nitrogen and oxygen atoms in total. The molecule has 0 atom stereocenters. The topological polar surface area (TPSA) is 41.0 Å². The van der Waals surface area contributed by atoms with Crippen LogP contribution in [0, 0.1) is 0 Å². The minimum absolute atomic E-state index is 0.688. The van der Waals surface area contributed by atoms with Crippen molar-refractivity contribution in [2.75, 3.05) is 24.5 Å². The lowest BCUT2D eigenvalue weighted by atomic mass is 10.1. The molecule has 1 saturated heterocycles. The second-order valence-electron chi connectivity index (χ2n) is 4.28. The average molecular weight is 220 g/mol. The van der Waals surface area contributed by atoms with E-state index in [0.29, 0.717) is 6.04 Å². The second kappa shape index (κ2) is 5.80. The smallest absolute Gasteiger partial charge is 0.147 e. The van der Waals surface area contributed by atoms with Crippen molar-refractivity contribution in [3.63, 3.8) is 0 Å². The molecule has 0 spiro atoms. The van der Waals surface area contributed by atoms with Gasteiger partial charge in [0.15, 0.2) is 0 Å². The van der Waals surface area contributed by atoms with Gasteiger partial charge in [-0.05, 0) is 25.8 Å². The fourth-order valence-electron chi connectivity index (χ4n) is 2.12. The van der Waals surface area contributed by atoms with Gasteiger partial charge in [0.2, 0.25) is 0 Å². The van der Waals surface area contributed by atoms with Crippen molar-refractivity contribution in [1.82, 2.24) is 15.3 Å². The van der Waals surface area contributed by atoms with Gasteiger partial charge in [0, 0.05) is 31.5 Å². The lowest BCUT2D eigenvalue weighted by molar-refractivity contribution is 0.414. The third kappa shape index (κ3) is 2.92. The predicted octanol–water partition coefficient (Wildman–Crippen LogP) is 1.45. The molecule has 0 saturated carbocycles. The molecule has 4 heteroatoms. The maximum atomic E-state index is 4.33. The van der Waals surface area contributed by atoms with Crippen molar-refractivity contribution in [3.8, 4) is 0 Å². The highest BCUT2D eigenvalue weighted by atomic mass is 15.2. The number of hydrogen-bond acceptors (Lipinski definition) is 4. The fourth-order valence-corrected chi connectivity index (χ4v) is 2.12. The zero-order valence-corrected chi connectivity index (χ0v) is 9.89. The van der Waals surface area contributed by atoms with Crippen molar-refractivity contribution in [2.45, 2.75) is 32.2 Å². The van der Waals surface area contributed by atoms with E-state index in [9.17, 15) is 0 Å². The van der Waals surface area contributed by atoms with Gasteiger partial charge in [-0.3, -0.25) is 4.98 Å². The molecule has 1 N–H and O–H groups in total. The lowest BCUT2D eigenvalue weighted by Crippen LogP contribution is -2.43. The van der Waals surface area contributed by atoms with Crippen LogP contribution in [0.3, 0.4) is 0 Å². The summed E-state index contributed by atoms with van der Waals surface area (Å²) in [7, 11) is 0. The summed E-state index contributed by atoms with van der Waals surface area (Å²) >= 11 is 0. The summed E-state index contributed by atoms with van der Waals surface area (Å²) in [4.78, 5) is 10.8. The van der Waals surface area contributed by atoms with Gasteiger partial charge in [0.05, 0.1) is 6.20 Å². The molecule has 16 heavy (non-hydrogen) atoms. The number of piperidine rings is 1. The van der Waals surface area contributed by atoms with E-state index in [1.165, 1.54) is 19.3 Å². The van der Waals surface area contributed by atoms with Gasteiger partial charge in [-0.15, -0.1) is 0 Å². The number of hydrogen-bond donors (Lipinski definition) is 1. The number of nitrogens with one attached hydrogen (secondary N) is 1. The first-order valence-electron chi connectivity index (χ1n) is 6.14. The molecule has 2 rings (SSSR count).